The van der Waals surface area contributed by atoms with Crippen LogP contribution in [0.4, 0.5) is 29.0 Å². The molecule has 4 aliphatic rings. The average molecular weight is 729 g/mol. The molecule has 0 radical (unpaired) electrons. The summed E-state index contributed by atoms with van der Waals surface area (Å²) < 4.78 is 2.27. The van der Waals surface area contributed by atoms with Crippen molar-refractivity contribution in [3.8, 4) is 0 Å². The molecule has 3 N–H and O–H groups in total. The monoisotopic (exact) mass is 728 g/mol. The predicted octanol–water partition coefficient (Wildman–Crippen LogP) is 6.30. The van der Waals surface area contributed by atoms with Gasteiger partial charge in [-0.15, -0.1) is 0 Å². The first kappa shape index (κ1) is 33.8. The maximum absolute atomic E-state index is 12.6. The summed E-state index contributed by atoms with van der Waals surface area (Å²) in [6.45, 7) is 5.30. The Kier molecular flexibility index (Phi) is 9.22. The lowest BCUT2D eigenvalue weighted by atomic mass is 10.0. The van der Waals surface area contributed by atoms with Crippen molar-refractivity contribution in [1.82, 2.24) is 34.6 Å². The van der Waals surface area contributed by atoms with Gasteiger partial charge in [-0.1, -0.05) is 49.2 Å². The van der Waals surface area contributed by atoms with E-state index in [0.29, 0.717) is 31.4 Å². The van der Waals surface area contributed by atoms with Gasteiger partial charge in [-0.25, -0.2) is 9.97 Å². The third-order valence-electron chi connectivity index (χ3n) is 11.3. The molecule has 5 heterocycles. The van der Waals surface area contributed by atoms with Gasteiger partial charge >= 0.3 is 0 Å². The second-order valence-corrected chi connectivity index (χ2v) is 15.1. The number of hydrogen-bond acceptors (Lipinski definition) is 11. The smallest absolute Gasteiger partial charge is 0.243 e. The zero-order valence-electron chi connectivity index (χ0n) is 29.6. The Morgan fingerprint density at radius 3 is 2.38 bits per heavy atom. The number of para-hydroxylation sites is 1. The van der Waals surface area contributed by atoms with Gasteiger partial charge in [0.15, 0.2) is 5.65 Å². The van der Waals surface area contributed by atoms with Crippen molar-refractivity contribution in [3.05, 3.63) is 95.7 Å². The Bertz CT molecular complexity index is 2130. The summed E-state index contributed by atoms with van der Waals surface area (Å²) in [6, 6.07) is 25.1. The highest BCUT2D eigenvalue weighted by Crippen LogP contribution is 2.41. The molecular formula is C40H44N10O2S. The summed E-state index contributed by atoms with van der Waals surface area (Å²) in [4.78, 5) is 46.0. The molecule has 13 heteroatoms. The van der Waals surface area contributed by atoms with Crippen LogP contribution in [0.5, 0.6) is 0 Å². The number of nitrogens with zero attached hydrogens (tertiary/aromatic N) is 7. The first-order valence-corrected chi connectivity index (χ1v) is 19.3. The summed E-state index contributed by atoms with van der Waals surface area (Å²) in [7, 11) is 0. The fourth-order valence-corrected chi connectivity index (χ4v) is 8.94. The van der Waals surface area contributed by atoms with E-state index in [1.165, 1.54) is 29.7 Å². The molecule has 1 saturated carbocycles. The van der Waals surface area contributed by atoms with Crippen LogP contribution < -0.4 is 20.9 Å². The molecular weight excluding hydrogens is 685 g/mol. The Hall–Kier alpha value is -4.98. The van der Waals surface area contributed by atoms with Crippen LogP contribution in [0.15, 0.2) is 79.0 Å². The molecule has 9 rings (SSSR count). The number of hydrogen-bond donors (Lipinski definition) is 4. The van der Waals surface area contributed by atoms with Crippen molar-refractivity contribution >= 4 is 64.6 Å². The molecule has 2 unspecified atom stereocenters. The molecule has 3 aromatic carbocycles. The van der Waals surface area contributed by atoms with Crippen LogP contribution in [-0.4, -0.2) is 73.4 Å². The number of rotatable bonds is 9. The number of piperazine rings is 1. The number of imide groups is 1. The number of amides is 2. The van der Waals surface area contributed by atoms with Gasteiger partial charge in [0, 0.05) is 68.8 Å². The van der Waals surface area contributed by atoms with Gasteiger partial charge in [0.25, 0.3) is 0 Å². The fraction of sp³-hybridized carbons (Fsp3) is 0.375. The van der Waals surface area contributed by atoms with E-state index in [2.05, 4.69) is 94.8 Å². The van der Waals surface area contributed by atoms with Gasteiger partial charge < -0.3 is 15.5 Å². The number of benzene rings is 3. The van der Waals surface area contributed by atoms with Crippen LogP contribution in [0.2, 0.25) is 0 Å². The van der Waals surface area contributed by atoms with E-state index in [1.54, 1.807) is 0 Å². The normalized spacial score (nSPS) is 21.3. The molecule has 1 aliphatic carbocycles. The minimum atomic E-state index is -0.334. The number of fused-ring (bicyclic) bond motifs is 2. The number of nitrogens with one attached hydrogen (secondary N) is 3. The van der Waals surface area contributed by atoms with Crippen molar-refractivity contribution in [2.75, 3.05) is 41.7 Å². The number of thiol groups is 1. The minimum absolute atomic E-state index is 0.159. The largest absolute Gasteiger partial charge is 0.369 e. The Balaban J connectivity index is 0.834. The number of imidazole rings is 1. The van der Waals surface area contributed by atoms with Crippen molar-refractivity contribution in [3.63, 3.8) is 0 Å². The fourth-order valence-electron chi connectivity index (χ4n) is 8.45. The van der Waals surface area contributed by atoms with Crippen LogP contribution >= 0.6 is 12.6 Å². The lowest BCUT2D eigenvalue weighted by molar-refractivity contribution is -0.137. The molecule has 3 aliphatic heterocycles. The molecule has 2 amide bonds. The van der Waals surface area contributed by atoms with Gasteiger partial charge in [0.05, 0.1) is 17.6 Å². The third-order valence-corrected chi connectivity index (χ3v) is 11.8. The second kappa shape index (κ2) is 14.4. The van der Waals surface area contributed by atoms with Crippen molar-refractivity contribution in [2.45, 2.75) is 69.1 Å². The lowest BCUT2D eigenvalue weighted by Gasteiger charge is -2.36. The number of piperidine rings is 1. The van der Waals surface area contributed by atoms with Crippen LogP contribution in [0.1, 0.15) is 66.6 Å². The Labute approximate surface area is 314 Å². The number of anilines is 5. The van der Waals surface area contributed by atoms with E-state index >= 15 is 0 Å². The summed E-state index contributed by atoms with van der Waals surface area (Å²) in [5.41, 5.74) is 8.48. The lowest BCUT2D eigenvalue weighted by Crippen LogP contribution is -2.51. The summed E-state index contributed by atoms with van der Waals surface area (Å²) in [5.74, 6) is 0.965. The molecule has 0 bridgehead atoms. The second-order valence-electron chi connectivity index (χ2n) is 14.6. The summed E-state index contributed by atoms with van der Waals surface area (Å²) in [6.07, 6.45) is 7.38. The molecule has 2 atom stereocenters. The molecule has 2 aromatic heterocycles. The molecule has 2 saturated heterocycles. The van der Waals surface area contributed by atoms with E-state index < -0.39 is 0 Å². The van der Waals surface area contributed by atoms with Gasteiger partial charge in [-0.2, -0.15) is 17.6 Å². The first-order valence-electron chi connectivity index (χ1n) is 18.8. The van der Waals surface area contributed by atoms with Crippen molar-refractivity contribution < 1.29 is 9.59 Å². The van der Waals surface area contributed by atoms with Gasteiger partial charge in [-0.05, 0) is 72.4 Å². The Morgan fingerprint density at radius 2 is 1.60 bits per heavy atom. The van der Waals surface area contributed by atoms with Crippen LogP contribution in [0, 0.1) is 0 Å². The average Bonchev–Trinajstić information content (AvgIpc) is 3.91. The first-order chi connectivity index (χ1) is 26.0. The van der Waals surface area contributed by atoms with E-state index in [1.807, 2.05) is 24.4 Å². The highest BCUT2D eigenvalue weighted by atomic mass is 32.1. The highest BCUT2D eigenvalue weighted by molar-refractivity contribution is 7.80. The van der Waals surface area contributed by atoms with Crippen molar-refractivity contribution in [1.29, 1.82) is 0 Å². The van der Waals surface area contributed by atoms with E-state index in [-0.39, 0.29) is 23.2 Å². The Morgan fingerprint density at radius 1 is 0.830 bits per heavy atom. The quantitative estimate of drug-likeness (QED) is 0.102. The van der Waals surface area contributed by atoms with Gasteiger partial charge in [-0.3, -0.25) is 29.3 Å². The molecule has 3 fully saturated rings. The molecule has 5 aromatic rings. The molecule has 12 nitrogen and oxygen atoms in total. The predicted molar refractivity (Wildman–Crippen MR) is 210 cm³/mol. The van der Waals surface area contributed by atoms with Crippen molar-refractivity contribution in [2.24, 2.45) is 0 Å². The van der Waals surface area contributed by atoms with E-state index in [9.17, 15) is 9.59 Å². The summed E-state index contributed by atoms with van der Waals surface area (Å²) in [5, 5.41) is 9.30. The highest BCUT2D eigenvalue weighted by Gasteiger charge is 2.40. The van der Waals surface area contributed by atoms with Crippen LogP contribution in [-0.2, 0) is 22.7 Å². The third kappa shape index (κ3) is 6.84. The standard InChI is InChI=1S/C40H44N10O2S/c51-35-18-17-34(37(52)45-35)49-25-32-26(7-6-12-31(32)38(49)53)24-47-19-21-48(22-20-47)29-15-13-28(14-16-29)42-39-41-23-33-36(46-39)50(30-10-4-5-11-30)40(44-33)43-27-8-2-1-3-9-27/h1-3,6-9,12-16,23,30,34,38,53H,4-5,10-11,17-22,24-25H2,(H,43,44)(H,41,42,46)(H,45,51,52). The van der Waals surface area contributed by atoms with Gasteiger partial charge in [0.1, 0.15) is 5.52 Å². The minimum Gasteiger partial charge on any atom is -0.369 e. The van der Waals surface area contributed by atoms with Gasteiger partial charge in [0.2, 0.25) is 23.7 Å². The summed E-state index contributed by atoms with van der Waals surface area (Å²) >= 11 is 4.91. The topological polar surface area (TPSA) is 124 Å². The zero-order chi connectivity index (χ0) is 35.9. The zero-order valence-corrected chi connectivity index (χ0v) is 30.5. The maximum Gasteiger partial charge on any atom is 0.243 e. The number of carbonyl (C=O) groups excluding carboxylic acids is 2. The number of aromatic nitrogens is 4. The molecule has 53 heavy (non-hydrogen) atoms. The SMILES string of the molecule is O=C1CCC(N2Cc3c(CN4CCN(c5ccc(Nc6ncc7nc(Nc8ccccc8)n(C8CCCC8)c7n6)cc5)CC4)cccc3C2S)C(=O)N1. The molecule has 272 valence electrons. The van der Waals surface area contributed by atoms with Crippen LogP contribution in [0.3, 0.4) is 0 Å². The molecule has 0 spiro atoms. The van der Waals surface area contributed by atoms with E-state index in [0.717, 1.165) is 79.6 Å². The maximum atomic E-state index is 12.6. The number of carbonyl (C=O) groups is 2. The van der Waals surface area contributed by atoms with E-state index in [4.69, 9.17) is 22.6 Å². The van der Waals surface area contributed by atoms with Crippen LogP contribution in [0.25, 0.3) is 11.2 Å².